The topological polar surface area (TPSA) is 298 Å². The Morgan fingerprint density at radius 1 is 0.683 bits per heavy atom. The SMILES string of the molecule is NC(=O)CCC(/N=C\OCCC(C(=O)O)N(CCN(CC(=O)O)CC(=O)O)CCN(CC(=O)O)CC(=O)O)C(=O)O. The highest BCUT2D eigenvalue weighted by molar-refractivity contribution is 5.78. The van der Waals surface area contributed by atoms with Crippen molar-refractivity contribution in [1.29, 1.82) is 0 Å². The Labute approximate surface area is 233 Å². The normalized spacial score (nSPS) is 12.9. The van der Waals surface area contributed by atoms with Crippen molar-refractivity contribution in [3.63, 3.8) is 0 Å². The van der Waals surface area contributed by atoms with Crippen molar-refractivity contribution in [3.8, 4) is 0 Å². The molecule has 232 valence electrons. The summed E-state index contributed by atoms with van der Waals surface area (Å²) in [5.74, 6) is -8.77. The summed E-state index contributed by atoms with van der Waals surface area (Å²) in [7, 11) is 0. The van der Waals surface area contributed by atoms with Gasteiger partial charge in [-0.1, -0.05) is 0 Å². The lowest BCUT2D eigenvalue weighted by Crippen LogP contribution is -2.50. The predicted octanol–water partition coefficient (Wildman–Crippen LogP) is -3.16. The zero-order chi connectivity index (χ0) is 31.5. The van der Waals surface area contributed by atoms with Gasteiger partial charge in [-0.25, -0.2) is 9.79 Å². The third kappa shape index (κ3) is 18.5. The van der Waals surface area contributed by atoms with Gasteiger partial charge in [0.2, 0.25) is 5.91 Å². The van der Waals surface area contributed by atoms with E-state index in [-0.39, 0.29) is 52.0 Å². The Bertz CT molecular complexity index is 887. The molecule has 0 aliphatic heterocycles. The molecule has 19 heteroatoms. The van der Waals surface area contributed by atoms with Crippen LogP contribution in [0.3, 0.4) is 0 Å². The second-order valence-corrected chi connectivity index (χ2v) is 8.66. The molecule has 0 bridgehead atoms. The van der Waals surface area contributed by atoms with E-state index in [2.05, 4.69) is 4.99 Å². The first-order chi connectivity index (χ1) is 19.1. The minimum Gasteiger partial charge on any atom is -0.483 e. The summed E-state index contributed by atoms with van der Waals surface area (Å²) in [5, 5.41) is 55.2. The molecule has 0 aliphatic carbocycles. The molecule has 8 N–H and O–H groups in total. The van der Waals surface area contributed by atoms with E-state index in [1.54, 1.807) is 0 Å². The Hall–Kier alpha value is -4.36. The van der Waals surface area contributed by atoms with E-state index in [9.17, 15) is 38.7 Å². The zero-order valence-electron chi connectivity index (χ0n) is 22.0. The number of hydrogen-bond donors (Lipinski definition) is 7. The Balaban J connectivity index is 5.64. The van der Waals surface area contributed by atoms with E-state index in [4.69, 9.17) is 36.0 Å². The number of carbonyl (C=O) groups is 7. The lowest BCUT2D eigenvalue weighted by atomic mass is 10.1. The number of amides is 1. The molecule has 0 aromatic heterocycles. The average molecular weight is 594 g/mol. The van der Waals surface area contributed by atoms with Gasteiger partial charge in [-0.15, -0.1) is 0 Å². The maximum absolute atomic E-state index is 12.1. The van der Waals surface area contributed by atoms with Gasteiger partial charge in [-0.2, -0.15) is 0 Å². The number of nitrogens with zero attached hydrogens (tertiary/aromatic N) is 4. The molecule has 0 rings (SSSR count). The molecule has 0 radical (unpaired) electrons. The minimum atomic E-state index is -1.37. The number of aliphatic imine (C=N–C) groups is 1. The van der Waals surface area contributed by atoms with Gasteiger partial charge >= 0.3 is 35.8 Å². The van der Waals surface area contributed by atoms with Crippen LogP contribution in [0.1, 0.15) is 19.3 Å². The molecule has 0 saturated carbocycles. The summed E-state index contributed by atoms with van der Waals surface area (Å²) in [6.45, 7) is -3.80. The van der Waals surface area contributed by atoms with Crippen LogP contribution in [0.25, 0.3) is 0 Å². The van der Waals surface area contributed by atoms with E-state index >= 15 is 0 Å². The maximum Gasteiger partial charge on any atom is 0.328 e. The van der Waals surface area contributed by atoms with Crippen LogP contribution in [0.15, 0.2) is 4.99 Å². The van der Waals surface area contributed by atoms with E-state index in [0.717, 1.165) is 16.2 Å². The first kappa shape index (κ1) is 36.6. The van der Waals surface area contributed by atoms with Gasteiger partial charge < -0.3 is 41.1 Å². The number of primary amides is 1. The second-order valence-electron chi connectivity index (χ2n) is 8.66. The Kier molecular flexibility index (Phi) is 17.6. The van der Waals surface area contributed by atoms with Crippen LogP contribution in [0.5, 0.6) is 0 Å². The highest BCUT2D eigenvalue weighted by atomic mass is 16.5. The molecule has 41 heavy (non-hydrogen) atoms. The van der Waals surface area contributed by atoms with E-state index in [1.807, 2.05) is 0 Å². The van der Waals surface area contributed by atoms with Gasteiger partial charge in [0.05, 0.1) is 32.8 Å². The van der Waals surface area contributed by atoms with Gasteiger partial charge in [-0.05, 0) is 6.42 Å². The first-order valence-electron chi connectivity index (χ1n) is 12.0. The summed E-state index contributed by atoms with van der Waals surface area (Å²) in [6.07, 6.45) is 0.108. The number of nitrogens with two attached hydrogens (primary N) is 1. The van der Waals surface area contributed by atoms with Crippen LogP contribution in [0.4, 0.5) is 0 Å². The van der Waals surface area contributed by atoms with Crippen LogP contribution in [0, 0.1) is 0 Å². The van der Waals surface area contributed by atoms with E-state index in [1.165, 1.54) is 4.90 Å². The lowest BCUT2D eigenvalue weighted by molar-refractivity contribution is -0.146. The summed E-state index contributed by atoms with van der Waals surface area (Å²) >= 11 is 0. The van der Waals surface area contributed by atoms with Crippen LogP contribution in [0.2, 0.25) is 0 Å². The molecule has 1 amide bonds. The smallest absolute Gasteiger partial charge is 0.328 e. The molecule has 0 aliphatic rings. The van der Waals surface area contributed by atoms with Gasteiger partial charge in [0.25, 0.3) is 0 Å². The van der Waals surface area contributed by atoms with Gasteiger partial charge in [0.15, 0.2) is 12.4 Å². The fourth-order valence-corrected chi connectivity index (χ4v) is 3.51. The average Bonchev–Trinajstić information content (AvgIpc) is 2.81. The van der Waals surface area contributed by atoms with Crippen LogP contribution < -0.4 is 5.73 Å². The molecule has 0 spiro atoms. The second kappa shape index (κ2) is 19.7. The summed E-state index contributed by atoms with van der Waals surface area (Å²) in [5.41, 5.74) is 4.99. The Morgan fingerprint density at radius 2 is 1.12 bits per heavy atom. The van der Waals surface area contributed by atoms with Crippen molar-refractivity contribution in [2.45, 2.75) is 31.3 Å². The van der Waals surface area contributed by atoms with Gasteiger partial charge in [0, 0.05) is 39.0 Å². The Morgan fingerprint density at radius 3 is 1.46 bits per heavy atom. The van der Waals surface area contributed by atoms with Crippen molar-refractivity contribution in [1.82, 2.24) is 14.7 Å². The van der Waals surface area contributed by atoms with Gasteiger partial charge in [-0.3, -0.25) is 43.5 Å². The summed E-state index contributed by atoms with van der Waals surface area (Å²) < 4.78 is 5.12. The monoisotopic (exact) mass is 593 g/mol. The number of aliphatic carboxylic acids is 6. The number of rotatable bonds is 25. The zero-order valence-corrected chi connectivity index (χ0v) is 22.0. The van der Waals surface area contributed by atoms with Crippen molar-refractivity contribution in [2.24, 2.45) is 10.7 Å². The highest BCUT2D eigenvalue weighted by Crippen LogP contribution is 2.08. The molecule has 0 fully saturated rings. The van der Waals surface area contributed by atoms with Crippen molar-refractivity contribution in [3.05, 3.63) is 0 Å². The minimum absolute atomic E-state index is 0.192. The molecule has 2 unspecified atom stereocenters. The summed E-state index contributed by atoms with van der Waals surface area (Å²) in [6, 6.07) is -2.68. The number of ether oxygens (including phenoxy) is 1. The molecule has 0 saturated heterocycles. The quantitative estimate of drug-likeness (QED) is 0.0312. The lowest BCUT2D eigenvalue weighted by Gasteiger charge is -2.32. The largest absolute Gasteiger partial charge is 0.483 e. The number of carboxylic acid groups (broad SMARTS) is 6. The fourth-order valence-electron chi connectivity index (χ4n) is 3.51. The van der Waals surface area contributed by atoms with E-state index < -0.39 is 80.0 Å². The predicted molar refractivity (Wildman–Crippen MR) is 135 cm³/mol. The third-order valence-electron chi connectivity index (χ3n) is 5.34. The van der Waals surface area contributed by atoms with Crippen LogP contribution in [-0.4, -0.2) is 165 Å². The molecule has 0 aromatic carbocycles. The molecule has 2 atom stereocenters. The molecule has 19 nitrogen and oxygen atoms in total. The van der Waals surface area contributed by atoms with Crippen LogP contribution in [-0.2, 0) is 38.3 Å². The number of carboxylic acids is 6. The van der Waals surface area contributed by atoms with Gasteiger partial charge in [0.1, 0.15) is 6.04 Å². The van der Waals surface area contributed by atoms with Crippen molar-refractivity contribution in [2.75, 3.05) is 59.0 Å². The standard InChI is InChI=1S/C22H35N5O14/c23-16(28)2-1-14(21(37)38)24-13-41-8-3-15(22(39)40)27(6-4-25(9-17(29)30)10-18(31)32)7-5-26(11-19(33)34)12-20(35)36/h13-15H,1-12H2,(H2,23,28)(H,29,30)(H,31,32)(H,33,34)(H,35,36)(H,37,38)(H,39,40)/b24-13-. The summed E-state index contributed by atoms with van der Waals surface area (Å²) in [4.78, 5) is 85.7. The number of hydrogen-bond acceptors (Lipinski definition) is 12. The fraction of sp³-hybridized carbons (Fsp3) is 0.636. The molecule has 0 heterocycles. The highest BCUT2D eigenvalue weighted by Gasteiger charge is 2.28. The molecular weight excluding hydrogens is 558 g/mol. The van der Waals surface area contributed by atoms with E-state index in [0.29, 0.717) is 0 Å². The molecular formula is C22H35N5O14. The van der Waals surface area contributed by atoms with Crippen molar-refractivity contribution < 1.29 is 68.9 Å². The third-order valence-corrected chi connectivity index (χ3v) is 5.34. The number of carbonyl (C=O) groups excluding carboxylic acids is 1. The maximum atomic E-state index is 12.1. The molecule has 0 aromatic rings. The van der Waals surface area contributed by atoms with Crippen molar-refractivity contribution >= 4 is 48.1 Å². The van der Waals surface area contributed by atoms with Crippen LogP contribution >= 0.6 is 0 Å². The first-order valence-corrected chi connectivity index (χ1v) is 12.0.